The highest BCUT2D eigenvalue weighted by Crippen LogP contribution is 2.30. The van der Waals surface area contributed by atoms with E-state index in [1.54, 1.807) is 18.0 Å². The van der Waals surface area contributed by atoms with Crippen LogP contribution in [0.5, 0.6) is 0 Å². The minimum Gasteiger partial charge on any atom is -0.360 e. The maximum Gasteiger partial charge on any atom is 0.278 e. The van der Waals surface area contributed by atoms with Crippen molar-refractivity contribution in [1.82, 2.24) is 14.9 Å². The molecular weight excluding hydrogens is 372 g/mol. The number of aromatic nitrogens is 3. The van der Waals surface area contributed by atoms with Gasteiger partial charge in [0.25, 0.3) is 5.91 Å². The van der Waals surface area contributed by atoms with Crippen LogP contribution in [0.2, 0.25) is 0 Å². The molecule has 1 aromatic carbocycles. The van der Waals surface area contributed by atoms with Gasteiger partial charge in [0.1, 0.15) is 5.76 Å². The lowest BCUT2D eigenvalue weighted by atomic mass is 9.85. The lowest BCUT2D eigenvalue weighted by Crippen LogP contribution is -2.18. The van der Waals surface area contributed by atoms with Gasteiger partial charge in [-0.25, -0.2) is 0 Å². The molecule has 1 aliphatic carbocycles. The first-order valence-electron chi connectivity index (χ1n) is 9.60. The second-order valence-corrected chi connectivity index (χ2v) is 8.06. The summed E-state index contributed by atoms with van der Waals surface area (Å²) in [5, 5.41) is 11.3. The summed E-state index contributed by atoms with van der Waals surface area (Å²) in [6.07, 6.45) is 9.49. The molecule has 2 aromatic heterocycles. The van der Waals surface area contributed by atoms with Gasteiger partial charge in [-0.3, -0.25) is 9.48 Å². The lowest BCUT2D eigenvalue weighted by molar-refractivity contribution is 0.101. The van der Waals surface area contributed by atoms with Gasteiger partial charge >= 0.3 is 0 Å². The Morgan fingerprint density at radius 2 is 2.18 bits per heavy atom. The molecule has 1 N–H and O–H groups in total. The number of nitrogens with zero attached hydrogens (tertiary/aromatic N) is 3. The van der Waals surface area contributed by atoms with Crippen LogP contribution in [0.15, 0.2) is 46.1 Å². The zero-order chi connectivity index (χ0) is 19.5. The van der Waals surface area contributed by atoms with Crippen molar-refractivity contribution in [1.29, 1.82) is 0 Å². The molecule has 2 heterocycles. The number of aryl methyl sites for hydroxylation is 1. The van der Waals surface area contributed by atoms with Gasteiger partial charge in [-0.2, -0.15) is 5.10 Å². The van der Waals surface area contributed by atoms with Crippen molar-refractivity contribution in [2.45, 2.75) is 44.0 Å². The summed E-state index contributed by atoms with van der Waals surface area (Å²) in [5.41, 5.74) is 3.20. The predicted octanol–water partition coefficient (Wildman–Crippen LogP) is 4.41. The van der Waals surface area contributed by atoms with Crippen molar-refractivity contribution in [3.63, 3.8) is 0 Å². The molecule has 1 atom stereocenters. The molecule has 1 aliphatic rings. The van der Waals surface area contributed by atoms with Crippen molar-refractivity contribution in [2.24, 2.45) is 5.92 Å². The van der Waals surface area contributed by atoms with Gasteiger partial charge in [0.15, 0.2) is 5.69 Å². The quantitative estimate of drug-likeness (QED) is 0.625. The number of carbonyl (C=O) groups excluding carboxylic acids is 1. The molecule has 1 unspecified atom stereocenters. The second-order valence-electron chi connectivity index (χ2n) is 7.18. The molecule has 0 spiro atoms. The van der Waals surface area contributed by atoms with Gasteiger partial charge in [0.05, 0.1) is 18.4 Å². The second kappa shape index (κ2) is 8.22. The van der Waals surface area contributed by atoms with E-state index in [-0.39, 0.29) is 5.91 Å². The minimum absolute atomic E-state index is 0.231. The Balaban J connectivity index is 1.43. The summed E-state index contributed by atoms with van der Waals surface area (Å²) in [4.78, 5) is 13.9. The van der Waals surface area contributed by atoms with E-state index >= 15 is 0 Å². The Hall–Kier alpha value is -2.54. The van der Waals surface area contributed by atoms with Crippen LogP contribution in [0.25, 0.3) is 0 Å². The van der Waals surface area contributed by atoms with Crippen molar-refractivity contribution in [3.05, 3.63) is 59.2 Å². The number of amides is 1. The van der Waals surface area contributed by atoms with Gasteiger partial charge in [-0.05, 0) is 42.7 Å². The third kappa shape index (κ3) is 3.99. The van der Waals surface area contributed by atoms with Gasteiger partial charge < -0.3 is 9.84 Å². The molecule has 0 bridgehead atoms. The van der Waals surface area contributed by atoms with E-state index in [0.29, 0.717) is 23.8 Å². The molecule has 0 fully saturated rings. The summed E-state index contributed by atoms with van der Waals surface area (Å²) >= 11 is 1.72. The number of nitrogens with one attached hydrogen (secondary N) is 1. The summed E-state index contributed by atoms with van der Waals surface area (Å²) in [7, 11) is 0. The maximum absolute atomic E-state index is 12.7. The molecule has 4 rings (SSSR count). The fraction of sp³-hybridized carbons (Fsp3) is 0.381. The smallest absolute Gasteiger partial charge is 0.278 e. The molecule has 1 amide bonds. The normalized spacial score (nSPS) is 16.0. The number of hydrogen-bond acceptors (Lipinski definition) is 5. The van der Waals surface area contributed by atoms with Crippen molar-refractivity contribution in [3.8, 4) is 0 Å². The zero-order valence-electron chi connectivity index (χ0n) is 16.1. The molecule has 6 nitrogen and oxygen atoms in total. The van der Waals surface area contributed by atoms with E-state index in [1.165, 1.54) is 4.90 Å². The van der Waals surface area contributed by atoms with Gasteiger partial charge in [0, 0.05) is 23.1 Å². The molecule has 7 heteroatoms. The minimum atomic E-state index is -0.231. The van der Waals surface area contributed by atoms with Crippen LogP contribution in [-0.2, 0) is 19.4 Å². The van der Waals surface area contributed by atoms with Crippen molar-refractivity contribution in [2.75, 3.05) is 11.6 Å². The molecule has 0 saturated heterocycles. The lowest BCUT2D eigenvalue weighted by Gasteiger charge is -2.19. The average molecular weight is 397 g/mol. The molecule has 0 saturated carbocycles. The van der Waals surface area contributed by atoms with E-state index in [9.17, 15) is 4.79 Å². The summed E-state index contributed by atoms with van der Waals surface area (Å²) in [6.45, 7) is 2.84. The van der Waals surface area contributed by atoms with Crippen LogP contribution in [0.4, 0.5) is 5.69 Å². The number of benzene rings is 1. The van der Waals surface area contributed by atoms with Crippen LogP contribution in [0.3, 0.4) is 0 Å². The van der Waals surface area contributed by atoms with E-state index in [0.717, 1.165) is 42.6 Å². The Labute approximate surface area is 168 Å². The van der Waals surface area contributed by atoms with E-state index in [4.69, 9.17) is 4.52 Å². The standard InChI is InChI=1S/C21H24N4O2S/c1-3-14-6-9-19-18(10-14)20(24-27-19)21(26)23-16-11-22-25(13-16)12-15-4-7-17(28-2)8-5-15/h4-5,7-8,11,13-14H,3,6,9-10,12H2,1-2H3,(H,23,26). The Morgan fingerprint density at radius 1 is 1.36 bits per heavy atom. The largest absolute Gasteiger partial charge is 0.360 e. The number of rotatable bonds is 6. The zero-order valence-corrected chi connectivity index (χ0v) is 17.0. The molecular formula is C21H24N4O2S. The first kappa shape index (κ1) is 18.8. The van der Waals surface area contributed by atoms with Gasteiger partial charge in [0.2, 0.25) is 0 Å². The Kier molecular flexibility index (Phi) is 5.52. The molecule has 0 radical (unpaired) electrons. The average Bonchev–Trinajstić information content (AvgIpc) is 3.34. The first-order chi connectivity index (χ1) is 13.7. The maximum atomic E-state index is 12.7. The summed E-state index contributed by atoms with van der Waals surface area (Å²) in [6, 6.07) is 8.39. The summed E-state index contributed by atoms with van der Waals surface area (Å²) < 4.78 is 7.22. The monoisotopic (exact) mass is 396 g/mol. The van der Waals surface area contributed by atoms with Crippen LogP contribution in [-0.4, -0.2) is 27.1 Å². The topological polar surface area (TPSA) is 73.0 Å². The third-order valence-electron chi connectivity index (χ3n) is 5.33. The number of carbonyl (C=O) groups is 1. The third-order valence-corrected chi connectivity index (χ3v) is 6.07. The van der Waals surface area contributed by atoms with E-state index in [1.807, 2.05) is 10.9 Å². The van der Waals surface area contributed by atoms with Gasteiger partial charge in [-0.1, -0.05) is 30.6 Å². The fourth-order valence-corrected chi connectivity index (χ4v) is 4.03. The molecule has 3 aromatic rings. The molecule has 28 heavy (non-hydrogen) atoms. The number of anilines is 1. The SMILES string of the molecule is CCC1CCc2onc(C(=O)Nc3cnn(Cc4ccc(SC)cc4)c3)c2C1. The summed E-state index contributed by atoms with van der Waals surface area (Å²) in [5.74, 6) is 1.23. The van der Waals surface area contributed by atoms with Crippen molar-refractivity contribution < 1.29 is 9.32 Å². The van der Waals surface area contributed by atoms with Crippen LogP contribution < -0.4 is 5.32 Å². The first-order valence-corrected chi connectivity index (χ1v) is 10.8. The Bertz CT molecular complexity index is 961. The van der Waals surface area contributed by atoms with E-state index < -0.39 is 0 Å². The highest BCUT2D eigenvalue weighted by molar-refractivity contribution is 7.98. The number of hydrogen-bond donors (Lipinski definition) is 1. The highest BCUT2D eigenvalue weighted by Gasteiger charge is 2.28. The fourth-order valence-electron chi connectivity index (χ4n) is 3.63. The molecule has 146 valence electrons. The van der Waals surface area contributed by atoms with Crippen LogP contribution in [0, 0.1) is 5.92 Å². The Morgan fingerprint density at radius 3 is 2.93 bits per heavy atom. The molecule has 0 aliphatic heterocycles. The van der Waals surface area contributed by atoms with Crippen molar-refractivity contribution >= 4 is 23.4 Å². The highest BCUT2D eigenvalue weighted by atomic mass is 32.2. The van der Waals surface area contributed by atoms with E-state index in [2.05, 4.69) is 53.0 Å². The van der Waals surface area contributed by atoms with Crippen LogP contribution in [0.1, 0.15) is 47.1 Å². The number of fused-ring (bicyclic) bond motifs is 1. The predicted molar refractivity (Wildman–Crippen MR) is 110 cm³/mol. The van der Waals surface area contributed by atoms with Crippen LogP contribution >= 0.6 is 11.8 Å². The van der Waals surface area contributed by atoms with Gasteiger partial charge in [-0.15, -0.1) is 11.8 Å². The number of thioether (sulfide) groups is 1.